The van der Waals surface area contributed by atoms with Crippen LogP contribution in [-0.4, -0.2) is 30.4 Å². The Morgan fingerprint density at radius 3 is 2.81 bits per heavy atom. The third-order valence-electron chi connectivity index (χ3n) is 2.68. The summed E-state index contributed by atoms with van der Waals surface area (Å²) < 4.78 is 5.60. The molecule has 16 heavy (non-hydrogen) atoms. The summed E-state index contributed by atoms with van der Waals surface area (Å²) in [5.41, 5.74) is 0. The Hall–Kier alpha value is -1.16. The van der Waals surface area contributed by atoms with Gasteiger partial charge in [-0.15, -0.1) is 6.58 Å². The molecule has 0 bridgehead atoms. The van der Waals surface area contributed by atoms with Gasteiger partial charge < -0.3 is 10.1 Å². The smallest absolute Gasteiger partial charge is 0.249 e. The van der Waals surface area contributed by atoms with Gasteiger partial charge in [-0.3, -0.25) is 9.59 Å². The molecule has 1 aliphatic rings. The third-order valence-corrected chi connectivity index (χ3v) is 2.68. The third kappa shape index (κ3) is 4.14. The molecule has 0 spiro atoms. The van der Waals surface area contributed by atoms with Crippen LogP contribution in [0.1, 0.15) is 32.6 Å². The molecule has 0 aromatic carbocycles. The van der Waals surface area contributed by atoms with Crippen molar-refractivity contribution in [3.63, 3.8) is 0 Å². The van der Waals surface area contributed by atoms with E-state index in [2.05, 4.69) is 11.9 Å². The molecule has 0 aromatic rings. The number of hydrogen-bond acceptors (Lipinski definition) is 3. The van der Waals surface area contributed by atoms with Crippen LogP contribution in [-0.2, 0) is 14.3 Å². The summed E-state index contributed by atoms with van der Waals surface area (Å²) in [4.78, 5) is 22.5. The molecule has 1 fully saturated rings. The van der Waals surface area contributed by atoms with Crippen LogP contribution in [0.15, 0.2) is 12.7 Å². The lowest BCUT2D eigenvalue weighted by atomic mass is 9.96. The highest BCUT2D eigenvalue weighted by Crippen LogP contribution is 2.19. The van der Waals surface area contributed by atoms with Crippen molar-refractivity contribution in [1.29, 1.82) is 0 Å². The van der Waals surface area contributed by atoms with Crippen molar-refractivity contribution < 1.29 is 14.3 Å². The summed E-state index contributed by atoms with van der Waals surface area (Å²) in [6.07, 6.45) is 3.83. The maximum absolute atomic E-state index is 11.5. The molecule has 1 atom stereocenters. The lowest BCUT2D eigenvalue weighted by Gasteiger charge is -2.24. The lowest BCUT2D eigenvalue weighted by molar-refractivity contribution is -0.137. The zero-order valence-corrected chi connectivity index (χ0v) is 9.70. The molecule has 1 rings (SSSR count). The maximum Gasteiger partial charge on any atom is 0.249 e. The molecule has 4 nitrogen and oxygen atoms in total. The Morgan fingerprint density at radius 2 is 2.25 bits per heavy atom. The van der Waals surface area contributed by atoms with Crippen LogP contribution >= 0.6 is 0 Å². The van der Waals surface area contributed by atoms with Gasteiger partial charge in [0.25, 0.3) is 0 Å². The van der Waals surface area contributed by atoms with Crippen LogP contribution < -0.4 is 5.32 Å². The first-order valence-electron chi connectivity index (χ1n) is 5.69. The Labute approximate surface area is 96.0 Å². The van der Waals surface area contributed by atoms with E-state index in [1.54, 1.807) is 13.0 Å². The van der Waals surface area contributed by atoms with Crippen LogP contribution in [0.5, 0.6) is 0 Å². The van der Waals surface area contributed by atoms with Gasteiger partial charge in [-0.05, 0) is 19.8 Å². The predicted molar refractivity (Wildman–Crippen MR) is 61.0 cm³/mol. The van der Waals surface area contributed by atoms with Crippen LogP contribution in [0.4, 0.5) is 0 Å². The number of Topliss-reactive ketones (excluding diaryl/α,β-unsaturated/α-hetero) is 1. The second kappa shape index (κ2) is 6.43. The lowest BCUT2D eigenvalue weighted by Crippen LogP contribution is -2.37. The van der Waals surface area contributed by atoms with Gasteiger partial charge in [-0.25, -0.2) is 0 Å². The first-order chi connectivity index (χ1) is 7.63. The number of carbonyl (C=O) groups excluding carboxylic acids is 2. The second-order valence-electron chi connectivity index (χ2n) is 4.05. The average molecular weight is 225 g/mol. The fraction of sp³-hybridized carbons (Fsp3) is 0.667. The molecule has 90 valence electrons. The highest BCUT2D eigenvalue weighted by molar-refractivity contribution is 5.80. The van der Waals surface area contributed by atoms with Crippen molar-refractivity contribution in [3.05, 3.63) is 12.7 Å². The Balaban J connectivity index is 2.27. The van der Waals surface area contributed by atoms with Gasteiger partial charge >= 0.3 is 0 Å². The largest absolute Gasteiger partial charge is 0.365 e. The quantitative estimate of drug-likeness (QED) is 0.715. The second-order valence-corrected chi connectivity index (χ2v) is 4.05. The number of ketones is 1. The summed E-state index contributed by atoms with van der Waals surface area (Å²) >= 11 is 0. The number of hydrogen-bond donors (Lipinski definition) is 1. The van der Waals surface area contributed by atoms with Gasteiger partial charge in [0, 0.05) is 19.4 Å². The molecule has 1 amide bonds. The van der Waals surface area contributed by atoms with Crippen molar-refractivity contribution in [1.82, 2.24) is 5.32 Å². The topological polar surface area (TPSA) is 55.4 Å². The van der Waals surface area contributed by atoms with E-state index in [1.807, 2.05) is 0 Å². The molecule has 1 aliphatic carbocycles. The van der Waals surface area contributed by atoms with Gasteiger partial charge in [0.15, 0.2) is 0 Å². The Kier molecular flexibility index (Phi) is 5.19. The first kappa shape index (κ1) is 12.9. The normalized spacial score (nSPS) is 19.2. The summed E-state index contributed by atoms with van der Waals surface area (Å²) in [6.45, 7) is 5.71. The summed E-state index contributed by atoms with van der Waals surface area (Å²) in [7, 11) is 0. The van der Waals surface area contributed by atoms with Crippen LogP contribution in [0.2, 0.25) is 0 Å². The van der Waals surface area contributed by atoms with Crippen LogP contribution in [0.25, 0.3) is 0 Å². The van der Waals surface area contributed by atoms with Crippen molar-refractivity contribution in [3.8, 4) is 0 Å². The number of amides is 1. The molecule has 1 unspecified atom stereocenters. The number of nitrogens with one attached hydrogen (secondary N) is 1. The van der Waals surface area contributed by atoms with Gasteiger partial charge in [0.1, 0.15) is 11.9 Å². The molecule has 0 radical (unpaired) electrons. The van der Waals surface area contributed by atoms with E-state index < -0.39 is 6.10 Å². The predicted octanol–water partition coefficient (Wildman–Crippen LogP) is 1.21. The monoisotopic (exact) mass is 225 g/mol. The molecule has 1 saturated carbocycles. The minimum absolute atomic E-state index is 0.0437. The van der Waals surface area contributed by atoms with Gasteiger partial charge in [0.2, 0.25) is 5.91 Å². The maximum atomic E-state index is 11.5. The standard InChI is InChI=1S/C12H19NO3/c1-3-8-13-12(15)9(2)16-11-6-4-10(14)5-7-11/h3,9,11H,1,4-8H2,2H3,(H,13,15). The van der Waals surface area contributed by atoms with Crippen LogP contribution in [0, 0.1) is 0 Å². The van der Waals surface area contributed by atoms with Crippen LogP contribution in [0.3, 0.4) is 0 Å². The summed E-state index contributed by atoms with van der Waals surface area (Å²) in [6, 6.07) is 0. The van der Waals surface area contributed by atoms with E-state index >= 15 is 0 Å². The zero-order chi connectivity index (χ0) is 12.0. The van der Waals surface area contributed by atoms with E-state index in [1.165, 1.54) is 0 Å². The fourth-order valence-corrected chi connectivity index (χ4v) is 1.72. The number of ether oxygens (including phenoxy) is 1. The highest BCUT2D eigenvalue weighted by Gasteiger charge is 2.23. The van der Waals surface area contributed by atoms with Crippen molar-refractivity contribution >= 4 is 11.7 Å². The zero-order valence-electron chi connectivity index (χ0n) is 9.70. The molecule has 1 N–H and O–H groups in total. The average Bonchev–Trinajstić information content (AvgIpc) is 2.29. The van der Waals surface area contributed by atoms with Gasteiger partial charge in [-0.1, -0.05) is 6.08 Å². The van der Waals surface area contributed by atoms with Crippen molar-refractivity contribution in [2.24, 2.45) is 0 Å². The summed E-state index contributed by atoms with van der Waals surface area (Å²) in [5.74, 6) is 0.167. The van der Waals surface area contributed by atoms with Crippen molar-refractivity contribution in [2.75, 3.05) is 6.54 Å². The van der Waals surface area contributed by atoms with Crippen molar-refractivity contribution in [2.45, 2.75) is 44.8 Å². The Morgan fingerprint density at radius 1 is 1.62 bits per heavy atom. The Bertz CT molecular complexity index is 265. The SMILES string of the molecule is C=CCNC(=O)C(C)OC1CCC(=O)CC1. The molecule has 0 saturated heterocycles. The van der Waals surface area contributed by atoms with E-state index in [0.29, 0.717) is 25.2 Å². The number of rotatable bonds is 5. The molecular weight excluding hydrogens is 206 g/mol. The fourth-order valence-electron chi connectivity index (χ4n) is 1.72. The molecule has 0 aromatic heterocycles. The molecule has 0 heterocycles. The van der Waals surface area contributed by atoms with E-state index in [-0.39, 0.29) is 12.0 Å². The summed E-state index contributed by atoms with van der Waals surface area (Å²) in [5, 5.41) is 2.68. The van der Waals surface area contributed by atoms with E-state index in [9.17, 15) is 9.59 Å². The minimum Gasteiger partial charge on any atom is -0.365 e. The molecular formula is C12H19NO3. The van der Waals surface area contributed by atoms with Gasteiger partial charge in [-0.2, -0.15) is 0 Å². The number of carbonyl (C=O) groups is 2. The van der Waals surface area contributed by atoms with E-state index in [4.69, 9.17) is 4.74 Å². The molecule has 4 heteroatoms. The highest BCUT2D eigenvalue weighted by atomic mass is 16.5. The van der Waals surface area contributed by atoms with E-state index in [0.717, 1.165) is 12.8 Å². The molecule has 0 aliphatic heterocycles. The van der Waals surface area contributed by atoms with Gasteiger partial charge in [0.05, 0.1) is 6.10 Å². The first-order valence-corrected chi connectivity index (χ1v) is 5.69. The minimum atomic E-state index is -0.460.